The Bertz CT molecular complexity index is 617. The minimum Gasteiger partial charge on any atom is -0.481 e. The summed E-state index contributed by atoms with van der Waals surface area (Å²) in [6, 6.07) is 16.4. The molecule has 2 nitrogen and oxygen atoms in total. The molecule has 22 heavy (non-hydrogen) atoms. The number of carboxylic acids is 1. The van der Waals surface area contributed by atoms with Crippen LogP contribution in [0.2, 0.25) is 0 Å². The third-order valence-electron chi connectivity index (χ3n) is 4.16. The van der Waals surface area contributed by atoms with Gasteiger partial charge in [0, 0.05) is 0 Å². The van der Waals surface area contributed by atoms with Gasteiger partial charge in [0.1, 0.15) is 0 Å². The van der Waals surface area contributed by atoms with E-state index in [-0.39, 0.29) is 0 Å². The first-order valence-electron chi connectivity index (χ1n) is 7.92. The zero-order valence-corrected chi connectivity index (χ0v) is 13.4. The number of carboxylic acid groups (broad SMARTS) is 1. The lowest BCUT2D eigenvalue weighted by atomic mass is 9.89. The van der Waals surface area contributed by atoms with E-state index >= 15 is 0 Å². The van der Waals surface area contributed by atoms with Crippen molar-refractivity contribution in [3.8, 4) is 0 Å². The number of hydrogen-bond acceptors (Lipinski definition) is 1. The first kappa shape index (κ1) is 16.3. The second-order valence-electron chi connectivity index (χ2n) is 5.98. The van der Waals surface area contributed by atoms with Crippen LogP contribution in [0.1, 0.15) is 47.4 Å². The quantitative estimate of drug-likeness (QED) is 0.739. The van der Waals surface area contributed by atoms with E-state index in [1.54, 1.807) is 0 Å². The van der Waals surface area contributed by atoms with Crippen molar-refractivity contribution in [2.75, 3.05) is 0 Å². The van der Waals surface area contributed by atoms with Gasteiger partial charge in [-0.15, -0.1) is 0 Å². The predicted octanol–water partition coefficient (Wildman–Crippen LogP) is 4.88. The van der Waals surface area contributed by atoms with Crippen molar-refractivity contribution in [1.82, 2.24) is 0 Å². The van der Waals surface area contributed by atoms with Crippen molar-refractivity contribution < 1.29 is 9.90 Å². The van der Waals surface area contributed by atoms with Crippen molar-refractivity contribution in [2.45, 2.75) is 45.4 Å². The Hall–Kier alpha value is -2.09. The highest BCUT2D eigenvalue weighted by molar-refractivity contribution is 5.76. The summed E-state index contributed by atoms with van der Waals surface area (Å²) in [6.07, 6.45) is 3.67. The van der Waals surface area contributed by atoms with Gasteiger partial charge in [-0.05, 0) is 49.8 Å². The minimum absolute atomic E-state index is 0.393. The molecule has 0 amide bonds. The van der Waals surface area contributed by atoms with Crippen LogP contribution in [0.3, 0.4) is 0 Å². The highest BCUT2D eigenvalue weighted by atomic mass is 16.4. The summed E-state index contributed by atoms with van der Waals surface area (Å²) in [5.74, 6) is -1.11. The molecular formula is C20H24O2. The van der Waals surface area contributed by atoms with Crippen LogP contribution >= 0.6 is 0 Å². The molecule has 0 fully saturated rings. The van der Waals surface area contributed by atoms with Gasteiger partial charge < -0.3 is 5.11 Å². The van der Waals surface area contributed by atoms with Crippen LogP contribution in [0.25, 0.3) is 0 Å². The van der Waals surface area contributed by atoms with Crippen molar-refractivity contribution in [1.29, 1.82) is 0 Å². The van der Waals surface area contributed by atoms with Crippen molar-refractivity contribution in [2.24, 2.45) is 0 Å². The normalized spacial score (nSPS) is 12.1. The molecule has 0 saturated heterocycles. The zero-order chi connectivity index (χ0) is 15.9. The molecule has 0 aliphatic heterocycles. The van der Waals surface area contributed by atoms with Crippen LogP contribution < -0.4 is 0 Å². The van der Waals surface area contributed by atoms with Gasteiger partial charge in [-0.3, -0.25) is 4.79 Å². The third kappa shape index (κ3) is 4.45. The molecule has 2 rings (SSSR count). The maximum Gasteiger partial charge on any atom is 0.310 e. The van der Waals surface area contributed by atoms with E-state index in [1.165, 1.54) is 5.56 Å². The van der Waals surface area contributed by atoms with Crippen LogP contribution in [-0.4, -0.2) is 11.1 Å². The molecule has 2 heteroatoms. The average molecular weight is 296 g/mol. The van der Waals surface area contributed by atoms with E-state index in [0.717, 1.165) is 36.0 Å². The number of carbonyl (C=O) groups is 1. The van der Waals surface area contributed by atoms with E-state index in [1.807, 2.05) is 50.2 Å². The molecule has 1 N–H and O–H groups in total. The lowest BCUT2D eigenvalue weighted by Gasteiger charge is -2.16. The van der Waals surface area contributed by atoms with E-state index in [0.29, 0.717) is 6.42 Å². The smallest absolute Gasteiger partial charge is 0.310 e. The van der Waals surface area contributed by atoms with E-state index in [2.05, 4.69) is 12.1 Å². The highest BCUT2D eigenvalue weighted by Gasteiger charge is 2.21. The van der Waals surface area contributed by atoms with Gasteiger partial charge in [-0.1, -0.05) is 60.5 Å². The van der Waals surface area contributed by atoms with Crippen LogP contribution in [0.15, 0.2) is 48.5 Å². The molecule has 2 aromatic rings. The number of unbranched alkanes of at least 4 members (excludes halogenated alkanes) is 1. The summed E-state index contributed by atoms with van der Waals surface area (Å²) in [4.78, 5) is 11.6. The molecule has 0 saturated carbocycles. The number of rotatable bonds is 7. The van der Waals surface area contributed by atoms with E-state index in [4.69, 9.17) is 0 Å². The molecule has 116 valence electrons. The lowest BCUT2D eigenvalue weighted by Crippen LogP contribution is -2.13. The van der Waals surface area contributed by atoms with Gasteiger partial charge in [0.05, 0.1) is 5.92 Å². The standard InChI is InChI=1S/C20H24O2/c1-15-12-13-16(2)19(14-15)18(20(21)22)11-7-6-10-17-8-4-3-5-9-17/h3-5,8-9,12-14,18H,6-7,10-11H2,1-2H3,(H,21,22). The summed E-state index contributed by atoms with van der Waals surface area (Å²) >= 11 is 0. The van der Waals surface area contributed by atoms with Crippen LogP contribution in [0, 0.1) is 13.8 Å². The number of hydrogen-bond donors (Lipinski definition) is 1. The fourth-order valence-corrected chi connectivity index (χ4v) is 2.87. The Balaban J connectivity index is 1.95. The molecule has 0 aromatic heterocycles. The molecule has 0 aliphatic carbocycles. The zero-order valence-electron chi connectivity index (χ0n) is 13.4. The van der Waals surface area contributed by atoms with E-state index in [9.17, 15) is 9.90 Å². The van der Waals surface area contributed by atoms with Gasteiger partial charge in [0.15, 0.2) is 0 Å². The average Bonchev–Trinajstić information content (AvgIpc) is 2.51. The molecule has 0 heterocycles. The van der Waals surface area contributed by atoms with Crippen LogP contribution in [0.5, 0.6) is 0 Å². The van der Waals surface area contributed by atoms with Gasteiger partial charge in [0.25, 0.3) is 0 Å². The maximum absolute atomic E-state index is 11.6. The monoisotopic (exact) mass is 296 g/mol. The molecule has 2 aromatic carbocycles. The second kappa shape index (κ2) is 7.79. The Kier molecular flexibility index (Phi) is 5.76. The number of benzene rings is 2. The molecule has 1 atom stereocenters. The van der Waals surface area contributed by atoms with Crippen LogP contribution in [-0.2, 0) is 11.2 Å². The van der Waals surface area contributed by atoms with Crippen molar-refractivity contribution in [3.05, 3.63) is 70.8 Å². The van der Waals surface area contributed by atoms with Gasteiger partial charge in [-0.25, -0.2) is 0 Å². The summed E-state index contributed by atoms with van der Waals surface area (Å²) in [7, 11) is 0. The molecule has 0 spiro atoms. The summed E-state index contributed by atoms with van der Waals surface area (Å²) in [5, 5.41) is 9.56. The number of aliphatic carboxylic acids is 1. The fourth-order valence-electron chi connectivity index (χ4n) is 2.87. The van der Waals surface area contributed by atoms with Crippen LogP contribution in [0.4, 0.5) is 0 Å². The summed E-state index contributed by atoms with van der Waals surface area (Å²) < 4.78 is 0. The molecule has 0 bridgehead atoms. The van der Waals surface area contributed by atoms with Gasteiger partial charge >= 0.3 is 5.97 Å². The van der Waals surface area contributed by atoms with Gasteiger partial charge in [0.2, 0.25) is 0 Å². The Morgan fingerprint density at radius 1 is 1.05 bits per heavy atom. The molecule has 0 aliphatic rings. The Labute approximate surface area is 132 Å². The Morgan fingerprint density at radius 3 is 2.45 bits per heavy atom. The largest absolute Gasteiger partial charge is 0.481 e. The minimum atomic E-state index is -0.714. The van der Waals surface area contributed by atoms with Crippen molar-refractivity contribution >= 4 is 5.97 Å². The molecule has 1 unspecified atom stereocenters. The second-order valence-corrected chi connectivity index (χ2v) is 5.98. The Morgan fingerprint density at radius 2 is 1.77 bits per heavy atom. The fraction of sp³-hybridized carbons (Fsp3) is 0.350. The lowest BCUT2D eigenvalue weighted by molar-refractivity contribution is -0.139. The predicted molar refractivity (Wildman–Crippen MR) is 90.3 cm³/mol. The maximum atomic E-state index is 11.6. The van der Waals surface area contributed by atoms with Gasteiger partial charge in [-0.2, -0.15) is 0 Å². The molecular weight excluding hydrogens is 272 g/mol. The first-order valence-corrected chi connectivity index (χ1v) is 7.92. The van der Waals surface area contributed by atoms with Crippen molar-refractivity contribution in [3.63, 3.8) is 0 Å². The third-order valence-corrected chi connectivity index (χ3v) is 4.16. The SMILES string of the molecule is Cc1ccc(C)c(C(CCCCc2ccccc2)C(=O)O)c1. The highest BCUT2D eigenvalue weighted by Crippen LogP contribution is 2.27. The topological polar surface area (TPSA) is 37.3 Å². The van der Waals surface area contributed by atoms with E-state index < -0.39 is 11.9 Å². The number of aryl methyl sites for hydroxylation is 3. The summed E-state index contributed by atoms with van der Waals surface area (Å²) in [6.45, 7) is 4.01. The molecule has 0 radical (unpaired) electrons. The summed E-state index contributed by atoms with van der Waals surface area (Å²) in [5.41, 5.74) is 4.48. The first-order chi connectivity index (χ1) is 10.6.